The van der Waals surface area contributed by atoms with Crippen LogP contribution in [-0.2, 0) is 0 Å². The summed E-state index contributed by atoms with van der Waals surface area (Å²) in [5.74, 6) is -3.76. The van der Waals surface area contributed by atoms with Crippen molar-refractivity contribution >= 4 is 50.9 Å². The fourth-order valence-electron chi connectivity index (χ4n) is 5.67. The fourth-order valence-corrected chi connectivity index (χ4v) is 7.66. The highest BCUT2D eigenvalue weighted by atomic mass is 79.9. The molecule has 1 amide bonds. The van der Waals surface area contributed by atoms with Gasteiger partial charge in [0.2, 0.25) is 0 Å². The van der Waals surface area contributed by atoms with Crippen LogP contribution in [0.3, 0.4) is 0 Å². The zero-order chi connectivity index (χ0) is 27.2. The summed E-state index contributed by atoms with van der Waals surface area (Å²) >= 11 is 11.0. The Kier molecular flexibility index (Phi) is 7.81. The van der Waals surface area contributed by atoms with Crippen molar-refractivity contribution in [2.24, 2.45) is 11.8 Å². The molecule has 2 saturated carbocycles. The maximum atomic E-state index is 14.7. The number of pyridine rings is 1. The number of nitrogens with one attached hydrogen (secondary N) is 1. The molecule has 0 spiro atoms. The van der Waals surface area contributed by atoms with Gasteiger partial charge in [0, 0.05) is 39.2 Å². The molecule has 2 aliphatic rings. The molecule has 2 aliphatic carbocycles. The fraction of sp³-hybridized carbons (Fsp3) is 0.333. The molecule has 1 aromatic heterocycles. The number of anilines is 1. The summed E-state index contributed by atoms with van der Waals surface area (Å²) in [4.78, 5) is 17.3. The van der Waals surface area contributed by atoms with Gasteiger partial charge in [0.15, 0.2) is 17.5 Å². The average molecular weight is 628 g/mol. The van der Waals surface area contributed by atoms with Crippen LogP contribution in [0.25, 0.3) is 0 Å². The van der Waals surface area contributed by atoms with Crippen molar-refractivity contribution in [1.82, 2.24) is 4.98 Å². The Labute approximate surface area is 234 Å². The highest BCUT2D eigenvalue weighted by Gasteiger charge is 2.58. The SMILES string of the molecule is O=C(Nc1ccc(F)c(F)c1)c1ccc(Cl)c(SC2CC3CCC(C2)C3(O)C(O)c2ccnc(Br)c2F)c1. The highest BCUT2D eigenvalue weighted by Crippen LogP contribution is 2.57. The van der Waals surface area contributed by atoms with E-state index in [0.717, 1.165) is 12.1 Å². The summed E-state index contributed by atoms with van der Waals surface area (Å²) in [6.45, 7) is 0. The number of halogens is 5. The number of aliphatic hydroxyl groups excluding tert-OH is 1. The number of hydrogen-bond donors (Lipinski definition) is 3. The third-order valence-electron chi connectivity index (χ3n) is 7.54. The van der Waals surface area contributed by atoms with Crippen LogP contribution in [0.2, 0.25) is 5.02 Å². The number of thioether (sulfide) groups is 1. The lowest BCUT2D eigenvalue weighted by molar-refractivity contribution is -0.145. The minimum Gasteiger partial charge on any atom is -0.386 e. The van der Waals surface area contributed by atoms with Crippen molar-refractivity contribution in [3.8, 4) is 0 Å². The van der Waals surface area contributed by atoms with Gasteiger partial charge in [-0.15, -0.1) is 11.8 Å². The first-order valence-corrected chi connectivity index (χ1v) is 14.1. The van der Waals surface area contributed by atoms with Gasteiger partial charge in [-0.1, -0.05) is 11.6 Å². The van der Waals surface area contributed by atoms with Crippen LogP contribution in [0.4, 0.5) is 18.9 Å². The summed E-state index contributed by atoms with van der Waals surface area (Å²) in [7, 11) is 0. The van der Waals surface area contributed by atoms with Gasteiger partial charge in [0.05, 0.1) is 5.02 Å². The normalized spacial score (nSPS) is 25.3. The molecule has 2 aromatic carbocycles. The van der Waals surface area contributed by atoms with E-state index in [-0.39, 0.29) is 32.9 Å². The summed E-state index contributed by atoms with van der Waals surface area (Å²) in [6.07, 6.45) is 2.54. The molecule has 5 nitrogen and oxygen atoms in total. The maximum absolute atomic E-state index is 14.7. The highest BCUT2D eigenvalue weighted by molar-refractivity contribution is 9.10. The van der Waals surface area contributed by atoms with Crippen LogP contribution in [0, 0.1) is 29.3 Å². The summed E-state index contributed by atoms with van der Waals surface area (Å²) in [6, 6.07) is 9.29. The van der Waals surface area contributed by atoms with E-state index in [2.05, 4.69) is 26.2 Å². The Hall–Kier alpha value is -2.11. The molecule has 1 heterocycles. The molecule has 5 rings (SSSR count). The van der Waals surface area contributed by atoms with Gasteiger partial charge in [-0.05, 0) is 89.8 Å². The topological polar surface area (TPSA) is 82.5 Å². The molecule has 2 bridgehead atoms. The Bertz CT molecular complexity index is 1380. The minimum absolute atomic E-state index is 0.0140. The van der Waals surface area contributed by atoms with Gasteiger partial charge in [0.25, 0.3) is 5.91 Å². The standard InChI is InChI=1S/C27H23BrClF3N2O3S/c28-25-23(32)18(7-8-33-25)24(35)27(37)14-2-3-15(27)11-17(10-14)38-22-9-13(1-5-19(22)29)26(36)34-16-4-6-20(30)21(31)12-16/h1,4-9,12,14-15,17,24,35,37H,2-3,10-11H2,(H,34,36). The number of aliphatic hydroxyl groups is 2. The molecular formula is C27H23BrClF3N2O3S. The molecule has 3 unspecified atom stereocenters. The van der Waals surface area contributed by atoms with Crippen molar-refractivity contribution in [3.05, 3.63) is 86.9 Å². The second kappa shape index (κ2) is 10.8. The molecule has 38 heavy (non-hydrogen) atoms. The number of carbonyl (C=O) groups is 1. The smallest absolute Gasteiger partial charge is 0.255 e. The lowest BCUT2D eigenvalue weighted by Crippen LogP contribution is -2.50. The van der Waals surface area contributed by atoms with Crippen LogP contribution in [0.5, 0.6) is 0 Å². The Morgan fingerprint density at radius 3 is 2.50 bits per heavy atom. The Morgan fingerprint density at radius 2 is 1.82 bits per heavy atom. The van der Waals surface area contributed by atoms with Crippen molar-refractivity contribution in [2.75, 3.05) is 5.32 Å². The Morgan fingerprint density at radius 1 is 1.11 bits per heavy atom. The molecule has 0 radical (unpaired) electrons. The zero-order valence-corrected chi connectivity index (χ0v) is 23.0. The van der Waals surface area contributed by atoms with E-state index in [1.807, 2.05) is 0 Å². The first-order valence-electron chi connectivity index (χ1n) is 12.0. The third kappa shape index (κ3) is 5.09. The summed E-state index contributed by atoms with van der Waals surface area (Å²) in [5.41, 5.74) is -1.03. The molecular weight excluding hydrogens is 605 g/mol. The Balaban J connectivity index is 1.31. The first kappa shape index (κ1) is 27.5. The summed E-state index contributed by atoms with van der Waals surface area (Å²) < 4.78 is 41.4. The lowest BCUT2D eigenvalue weighted by atomic mass is 9.69. The van der Waals surface area contributed by atoms with E-state index in [1.165, 1.54) is 30.1 Å². The number of hydrogen-bond acceptors (Lipinski definition) is 5. The third-order valence-corrected chi connectivity index (χ3v) is 9.84. The van der Waals surface area contributed by atoms with Crippen molar-refractivity contribution in [2.45, 2.75) is 47.5 Å². The number of rotatable bonds is 6. The predicted octanol–water partition coefficient (Wildman–Crippen LogP) is 6.91. The van der Waals surface area contributed by atoms with Gasteiger partial charge in [-0.2, -0.15) is 0 Å². The van der Waals surface area contributed by atoms with Crippen molar-refractivity contribution in [3.63, 3.8) is 0 Å². The molecule has 2 fully saturated rings. The average Bonchev–Trinajstić information content (AvgIpc) is 3.05. The van der Waals surface area contributed by atoms with E-state index in [4.69, 9.17) is 11.6 Å². The quantitative estimate of drug-likeness (QED) is 0.259. The van der Waals surface area contributed by atoms with Crippen molar-refractivity contribution < 1.29 is 28.2 Å². The van der Waals surface area contributed by atoms with Gasteiger partial charge in [-0.25, -0.2) is 18.2 Å². The number of benzene rings is 2. The van der Waals surface area contributed by atoms with Crippen LogP contribution in [-0.4, -0.2) is 32.0 Å². The van der Waals surface area contributed by atoms with E-state index in [1.54, 1.807) is 18.2 Å². The second-order valence-corrected chi connectivity index (χ2v) is 12.2. The van der Waals surface area contributed by atoms with E-state index in [9.17, 15) is 28.2 Å². The minimum atomic E-state index is -1.46. The number of nitrogens with zero attached hydrogens (tertiary/aromatic N) is 1. The number of carbonyl (C=O) groups excluding carboxylic acids is 1. The van der Waals surface area contributed by atoms with Gasteiger partial charge in [-0.3, -0.25) is 4.79 Å². The molecule has 0 aliphatic heterocycles. The van der Waals surface area contributed by atoms with Gasteiger partial charge < -0.3 is 15.5 Å². The molecule has 0 saturated heterocycles. The largest absolute Gasteiger partial charge is 0.386 e. The second-order valence-electron chi connectivity index (χ2n) is 9.71. The van der Waals surface area contributed by atoms with Gasteiger partial charge in [0.1, 0.15) is 16.3 Å². The predicted molar refractivity (Wildman–Crippen MR) is 143 cm³/mol. The molecule has 3 aromatic rings. The maximum Gasteiger partial charge on any atom is 0.255 e. The lowest BCUT2D eigenvalue weighted by Gasteiger charge is -2.45. The number of aromatic nitrogens is 1. The van der Waals surface area contributed by atoms with Crippen LogP contribution in [0.1, 0.15) is 47.7 Å². The van der Waals surface area contributed by atoms with E-state index < -0.39 is 35.1 Å². The molecule has 11 heteroatoms. The van der Waals surface area contributed by atoms with E-state index >= 15 is 0 Å². The van der Waals surface area contributed by atoms with Crippen LogP contribution < -0.4 is 5.32 Å². The van der Waals surface area contributed by atoms with Crippen molar-refractivity contribution in [1.29, 1.82) is 0 Å². The summed E-state index contributed by atoms with van der Waals surface area (Å²) in [5, 5.41) is 25.8. The van der Waals surface area contributed by atoms with Crippen LogP contribution in [0.15, 0.2) is 58.2 Å². The van der Waals surface area contributed by atoms with E-state index in [0.29, 0.717) is 41.2 Å². The molecule has 3 atom stereocenters. The monoisotopic (exact) mass is 626 g/mol. The number of fused-ring (bicyclic) bond motifs is 2. The molecule has 3 N–H and O–H groups in total. The molecule has 200 valence electrons. The number of amides is 1. The zero-order valence-electron chi connectivity index (χ0n) is 19.8. The van der Waals surface area contributed by atoms with Gasteiger partial charge >= 0.3 is 0 Å². The first-order chi connectivity index (χ1) is 18.1. The van der Waals surface area contributed by atoms with Crippen LogP contribution >= 0.6 is 39.3 Å².